The zero-order chi connectivity index (χ0) is 11.7. The summed E-state index contributed by atoms with van der Waals surface area (Å²) in [5.74, 6) is 0.661. The van der Waals surface area contributed by atoms with Gasteiger partial charge in [-0.1, -0.05) is 12.1 Å². The van der Waals surface area contributed by atoms with Gasteiger partial charge in [-0.05, 0) is 31.5 Å². The van der Waals surface area contributed by atoms with E-state index >= 15 is 0 Å². The average molecular weight is 232 g/mol. The molecule has 1 aromatic carbocycles. The van der Waals surface area contributed by atoms with Crippen LogP contribution in [0.15, 0.2) is 24.3 Å². The van der Waals surface area contributed by atoms with Gasteiger partial charge in [0.1, 0.15) is 11.4 Å². The molecule has 0 unspecified atom stereocenters. The molecule has 90 valence electrons. The van der Waals surface area contributed by atoms with Crippen LogP contribution in [0.4, 0.5) is 0 Å². The number of hydrogen-bond donors (Lipinski definition) is 2. The number of fused-ring (bicyclic) bond motifs is 1. The number of piperidine rings is 1. The minimum Gasteiger partial charge on any atom is -0.483 e. The van der Waals surface area contributed by atoms with Crippen molar-refractivity contribution in [3.05, 3.63) is 29.8 Å². The zero-order valence-corrected chi connectivity index (χ0v) is 9.66. The predicted molar refractivity (Wildman–Crippen MR) is 64.2 cm³/mol. The van der Waals surface area contributed by atoms with Crippen molar-refractivity contribution in [2.24, 2.45) is 0 Å². The van der Waals surface area contributed by atoms with Gasteiger partial charge in [0.05, 0.1) is 12.1 Å². The molecule has 0 bridgehead atoms. The smallest absolute Gasteiger partial charge is 0.255 e. The Morgan fingerprint density at radius 1 is 1.24 bits per heavy atom. The van der Waals surface area contributed by atoms with E-state index in [9.17, 15) is 4.79 Å². The van der Waals surface area contributed by atoms with E-state index in [1.165, 1.54) is 0 Å². The number of hydrogen-bond acceptors (Lipinski definition) is 3. The van der Waals surface area contributed by atoms with E-state index < -0.39 is 0 Å². The SMILES string of the molecule is O=C1NC[C@@]2(CCCNC2)Oc2ccccc21. The normalized spacial score (nSPS) is 27.9. The van der Waals surface area contributed by atoms with Gasteiger partial charge in [-0.15, -0.1) is 0 Å². The Morgan fingerprint density at radius 3 is 2.94 bits per heavy atom. The summed E-state index contributed by atoms with van der Waals surface area (Å²) >= 11 is 0. The number of rotatable bonds is 0. The van der Waals surface area contributed by atoms with Crippen molar-refractivity contribution >= 4 is 5.91 Å². The molecule has 0 radical (unpaired) electrons. The fourth-order valence-corrected chi connectivity index (χ4v) is 2.53. The molecule has 4 heteroatoms. The second-order valence-electron chi connectivity index (χ2n) is 4.74. The number of ether oxygens (including phenoxy) is 1. The lowest BCUT2D eigenvalue weighted by molar-refractivity contribution is 0.0470. The second kappa shape index (κ2) is 4.04. The molecule has 4 nitrogen and oxygen atoms in total. The molecule has 1 amide bonds. The summed E-state index contributed by atoms with van der Waals surface area (Å²) < 4.78 is 6.11. The van der Waals surface area contributed by atoms with Crippen LogP contribution in [0.2, 0.25) is 0 Å². The van der Waals surface area contributed by atoms with Crippen LogP contribution in [-0.2, 0) is 0 Å². The van der Waals surface area contributed by atoms with Crippen LogP contribution in [0.25, 0.3) is 0 Å². The van der Waals surface area contributed by atoms with Crippen LogP contribution in [0.1, 0.15) is 23.2 Å². The van der Waals surface area contributed by atoms with E-state index in [-0.39, 0.29) is 11.5 Å². The highest BCUT2D eigenvalue weighted by Gasteiger charge is 2.37. The lowest BCUT2D eigenvalue weighted by Crippen LogP contribution is -2.55. The molecule has 1 atom stereocenters. The molecule has 1 aromatic rings. The van der Waals surface area contributed by atoms with Crippen LogP contribution >= 0.6 is 0 Å². The van der Waals surface area contributed by atoms with Crippen molar-refractivity contribution in [1.82, 2.24) is 10.6 Å². The third-order valence-corrected chi connectivity index (χ3v) is 3.46. The van der Waals surface area contributed by atoms with E-state index in [0.29, 0.717) is 17.9 Å². The molecule has 1 fully saturated rings. The minimum absolute atomic E-state index is 0.0388. The van der Waals surface area contributed by atoms with Gasteiger partial charge >= 0.3 is 0 Å². The lowest BCUT2D eigenvalue weighted by atomic mass is 9.94. The molecular formula is C13H16N2O2. The largest absolute Gasteiger partial charge is 0.483 e. The highest BCUT2D eigenvalue weighted by atomic mass is 16.5. The van der Waals surface area contributed by atoms with Crippen LogP contribution in [0.3, 0.4) is 0 Å². The van der Waals surface area contributed by atoms with Gasteiger partial charge in [0.15, 0.2) is 0 Å². The first kappa shape index (κ1) is 10.6. The van der Waals surface area contributed by atoms with E-state index in [1.807, 2.05) is 18.2 Å². The highest BCUT2D eigenvalue weighted by molar-refractivity contribution is 5.97. The maximum absolute atomic E-state index is 11.9. The summed E-state index contributed by atoms with van der Waals surface area (Å²) in [5.41, 5.74) is 0.357. The number of nitrogens with one attached hydrogen (secondary N) is 2. The Labute approximate surface area is 100 Å². The summed E-state index contributed by atoms with van der Waals surface area (Å²) in [4.78, 5) is 11.9. The first-order chi connectivity index (χ1) is 8.29. The summed E-state index contributed by atoms with van der Waals surface area (Å²) in [6.07, 6.45) is 2.06. The van der Waals surface area contributed by atoms with E-state index in [2.05, 4.69) is 10.6 Å². The number of carbonyl (C=O) groups is 1. The van der Waals surface area contributed by atoms with Gasteiger partial charge in [-0.25, -0.2) is 0 Å². The summed E-state index contributed by atoms with van der Waals surface area (Å²) in [6, 6.07) is 7.44. The van der Waals surface area contributed by atoms with Crippen LogP contribution < -0.4 is 15.4 Å². The molecule has 17 heavy (non-hydrogen) atoms. The van der Waals surface area contributed by atoms with E-state index in [4.69, 9.17) is 4.74 Å². The number of amides is 1. The molecule has 1 spiro atoms. The maximum Gasteiger partial charge on any atom is 0.255 e. The van der Waals surface area contributed by atoms with E-state index in [0.717, 1.165) is 25.9 Å². The van der Waals surface area contributed by atoms with Gasteiger partial charge in [-0.2, -0.15) is 0 Å². The van der Waals surface area contributed by atoms with Gasteiger partial charge in [0.25, 0.3) is 5.91 Å². The molecule has 1 saturated heterocycles. The number of para-hydroxylation sites is 1. The van der Waals surface area contributed by atoms with Gasteiger partial charge in [0, 0.05) is 6.54 Å². The minimum atomic E-state index is -0.277. The molecule has 0 aliphatic carbocycles. The molecule has 0 aromatic heterocycles. The van der Waals surface area contributed by atoms with E-state index in [1.54, 1.807) is 6.07 Å². The third-order valence-electron chi connectivity index (χ3n) is 3.46. The summed E-state index contributed by atoms with van der Waals surface area (Å²) in [7, 11) is 0. The quantitative estimate of drug-likeness (QED) is 0.699. The van der Waals surface area contributed by atoms with Gasteiger partial charge in [-0.3, -0.25) is 4.79 Å². The monoisotopic (exact) mass is 232 g/mol. The van der Waals surface area contributed by atoms with Crippen molar-refractivity contribution in [2.45, 2.75) is 18.4 Å². The maximum atomic E-state index is 11.9. The molecule has 2 aliphatic rings. The molecular weight excluding hydrogens is 216 g/mol. The first-order valence-electron chi connectivity index (χ1n) is 6.06. The first-order valence-corrected chi connectivity index (χ1v) is 6.06. The molecule has 2 aliphatic heterocycles. The second-order valence-corrected chi connectivity index (χ2v) is 4.74. The fourth-order valence-electron chi connectivity index (χ4n) is 2.53. The number of carbonyl (C=O) groups excluding carboxylic acids is 1. The van der Waals surface area contributed by atoms with Gasteiger partial charge < -0.3 is 15.4 Å². The van der Waals surface area contributed by atoms with Gasteiger partial charge in [0.2, 0.25) is 0 Å². The Kier molecular flexibility index (Phi) is 2.52. The van der Waals surface area contributed by atoms with Crippen molar-refractivity contribution < 1.29 is 9.53 Å². The van der Waals surface area contributed by atoms with Crippen molar-refractivity contribution in [1.29, 1.82) is 0 Å². The molecule has 2 heterocycles. The van der Waals surface area contributed by atoms with Crippen molar-refractivity contribution in [3.8, 4) is 5.75 Å². The third kappa shape index (κ3) is 1.89. The predicted octanol–water partition coefficient (Wildman–Crippen LogP) is 0.931. The van der Waals surface area contributed by atoms with Crippen LogP contribution in [0.5, 0.6) is 5.75 Å². The average Bonchev–Trinajstić information content (AvgIpc) is 2.50. The Hall–Kier alpha value is -1.55. The molecule has 0 saturated carbocycles. The van der Waals surface area contributed by atoms with Crippen LogP contribution in [-0.4, -0.2) is 31.1 Å². The fraction of sp³-hybridized carbons (Fsp3) is 0.462. The molecule has 3 rings (SSSR count). The van der Waals surface area contributed by atoms with Crippen molar-refractivity contribution in [3.63, 3.8) is 0 Å². The van der Waals surface area contributed by atoms with Crippen LogP contribution in [0, 0.1) is 0 Å². The summed E-state index contributed by atoms with van der Waals surface area (Å²) in [5, 5.41) is 6.30. The Balaban J connectivity index is 1.96. The standard InChI is InChI=1S/C13H16N2O2/c16-12-10-4-1-2-5-11(10)17-13(9-15-12)6-3-7-14-8-13/h1-2,4-5,14H,3,6-9H2,(H,15,16)/t13-/m0/s1. The zero-order valence-electron chi connectivity index (χ0n) is 9.66. The highest BCUT2D eigenvalue weighted by Crippen LogP contribution is 2.29. The topological polar surface area (TPSA) is 50.4 Å². The Bertz CT molecular complexity index is 439. The number of benzene rings is 1. The van der Waals surface area contributed by atoms with Crippen molar-refractivity contribution in [2.75, 3.05) is 19.6 Å². The Morgan fingerprint density at radius 2 is 2.12 bits per heavy atom. The molecule has 2 N–H and O–H groups in total. The lowest BCUT2D eigenvalue weighted by Gasteiger charge is -2.36. The summed E-state index contributed by atoms with van der Waals surface area (Å²) in [6.45, 7) is 2.40.